The maximum atomic E-state index is 15.8. The van der Waals surface area contributed by atoms with Crippen molar-refractivity contribution in [2.75, 3.05) is 7.11 Å². The Hall–Kier alpha value is -2.03. The van der Waals surface area contributed by atoms with Gasteiger partial charge in [-0.2, -0.15) is 0 Å². The second kappa shape index (κ2) is 7.42. The summed E-state index contributed by atoms with van der Waals surface area (Å²) in [5.74, 6) is -0.616. The number of carbonyl (C=O) groups is 1. The molecule has 5 nitrogen and oxygen atoms in total. The summed E-state index contributed by atoms with van der Waals surface area (Å²) in [6.45, 7) is 9.20. The van der Waals surface area contributed by atoms with E-state index in [0.29, 0.717) is 15.4 Å². The van der Waals surface area contributed by atoms with Gasteiger partial charge in [0.05, 0.1) is 28.2 Å². The number of benzene rings is 1. The minimum absolute atomic E-state index is 0.0792. The highest BCUT2D eigenvalue weighted by molar-refractivity contribution is 7.13. The Labute approximate surface area is 168 Å². The summed E-state index contributed by atoms with van der Waals surface area (Å²) in [4.78, 5) is 16.9. The van der Waals surface area contributed by atoms with Crippen molar-refractivity contribution in [3.63, 3.8) is 0 Å². The smallest absolute Gasteiger partial charge is 0.464 e. The molecule has 1 aliphatic rings. The first-order valence-electron chi connectivity index (χ1n) is 8.94. The zero-order valence-electron chi connectivity index (χ0n) is 16.8. The fourth-order valence-electron chi connectivity index (χ4n) is 2.88. The van der Waals surface area contributed by atoms with E-state index in [1.54, 1.807) is 31.2 Å². The second-order valence-corrected chi connectivity index (χ2v) is 8.78. The molecule has 1 aliphatic heterocycles. The van der Waals surface area contributed by atoms with Crippen LogP contribution in [0.15, 0.2) is 36.1 Å². The molecule has 0 saturated carbocycles. The monoisotopic (exact) mass is 403 g/mol. The lowest BCUT2D eigenvalue weighted by atomic mass is 9.82. The van der Waals surface area contributed by atoms with Gasteiger partial charge in [0.15, 0.2) is 5.69 Å². The molecule has 1 saturated heterocycles. The van der Waals surface area contributed by atoms with E-state index in [1.807, 2.05) is 33.8 Å². The first kappa shape index (κ1) is 20.7. The quantitative estimate of drug-likeness (QED) is 0.552. The summed E-state index contributed by atoms with van der Waals surface area (Å²) in [5.41, 5.74) is -1.07. The second-order valence-electron chi connectivity index (χ2n) is 7.58. The molecule has 1 aromatic heterocycles. The summed E-state index contributed by atoms with van der Waals surface area (Å²) in [6, 6.07) is 9.00. The number of thiazole rings is 1. The minimum atomic E-state index is -1.19. The number of methoxy groups -OCH3 is 1. The lowest BCUT2D eigenvalue weighted by Gasteiger charge is -2.32. The Balaban J connectivity index is 2.20. The fourth-order valence-corrected chi connectivity index (χ4v) is 3.85. The van der Waals surface area contributed by atoms with Crippen LogP contribution in [-0.4, -0.2) is 36.4 Å². The Morgan fingerprint density at radius 3 is 2.25 bits per heavy atom. The number of ether oxygens (including phenoxy) is 1. The molecule has 0 atom stereocenters. The third-order valence-corrected chi connectivity index (χ3v) is 6.09. The van der Waals surface area contributed by atoms with E-state index in [-0.39, 0.29) is 11.3 Å². The van der Waals surface area contributed by atoms with E-state index in [2.05, 4.69) is 4.98 Å². The highest BCUT2D eigenvalue weighted by Gasteiger charge is 2.54. The topological polar surface area (TPSA) is 57.7 Å². The van der Waals surface area contributed by atoms with E-state index in [9.17, 15) is 4.79 Å². The molecule has 0 radical (unpaired) electrons. The molecule has 1 fully saturated rings. The van der Waals surface area contributed by atoms with Gasteiger partial charge in [0.2, 0.25) is 0 Å². The van der Waals surface area contributed by atoms with E-state index in [1.165, 1.54) is 18.4 Å². The standard InChI is InChI=1S/C20H23BFNO4S/c1-12-23-15(18(24)25-6)16(28-12)14(13-10-8-7-9-11-13)17(22)21-26-19(2,3)20(4,5)27-21/h7-11H,1-6H3. The van der Waals surface area contributed by atoms with Crippen LogP contribution in [0.2, 0.25) is 0 Å². The SMILES string of the molecule is COC(=O)c1nc(C)sc1C(=C(F)B1OC(C)(C)C(C)(C)O1)c1ccccc1. The molecule has 0 unspecified atom stereocenters. The normalized spacial score (nSPS) is 18.8. The molecule has 0 bridgehead atoms. The van der Waals surface area contributed by atoms with Crippen molar-refractivity contribution in [1.82, 2.24) is 4.98 Å². The van der Waals surface area contributed by atoms with Gasteiger partial charge in [-0.1, -0.05) is 30.3 Å². The van der Waals surface area contributed by atoms with Crippen LogP contribution in [0.3, 0.4) is 0 Å². The van der Waals surface area contributed by atoms with Gasteiger partial charge in [0.25, 0.3) is 0 Å². The average molecular weight is 403 g/mol. The molecule has 0 amide bonds. The summed E-state index contributed by atoms with van der Waals surface area (Å²) in [7, 11) is 0.0882. The molecule has 148 valence electrons. The predicted molar refractivity (Wildman–Crippen MR) is 108 cm³/mol. The van der Waals surface area contributed by atoms with Gasteiger partial charge in [0, 0.05) is 5.57 Å². The molecule has 28 heavy (non-hydrogen) atoms. The third-order valence-electron chi connectivity index (χ3n) is 5.10. The summed E-state index contributed by atoms with van der Waals surface area (Å²) >= 11 is 1.23. The van der Waals surface area contributed by atoms with Crippen LogP contribution in [0.1, 0.15) is 53.6 Å². The molecule has 3 rings (SSSR count). The molecule has 0 spiro atoms. The Kier molecular flexibility index (Phi) is 5.49. The zero-order chi connectivity index (χ0) is 20.7. The molecule has 2 heterocycles. The lowest BCUT2D eigenvalue weighted by Crippen LogP contribution is -2.41. The molecular formula is C20H23BFNO4S. The number of hydrogen-bond donors (Lipinski definition) is 0. The summed E-state index contributed by atoms with van der Waals surface area (Å²) < 4.78 is 32.5. The maximum absolute atomic E-state index is 15.8. The zero-order valence-corrected chi connectivity index (χ0v) is 17.6. The summed E-state index contributed by atoms with van der Waals surface area (Å²) in [5, 5.41) is 0.630. The molecule has 8 heteroatoms. The van der Waals surface area contributed by atoms with Crippen molar-refractivity contribution < 1.29 is 23.2 Å². The van der Waals surface area contributed by atoms with Crippen LogP contribution in [0.25, 0.3) is 5.57 Å². The van der Waals surface area contributed by atoms with Gasteiger partial charge >= 0.3 is 13.1 Å². The average Bonchev–Trinajstić information content (AvgIpc) is 3.12. The van der Waals surface area contributed by atoms with Crippen LogP contribution in [0, 0.1) is 6.92 Å². The van der Waals surface area contributed by atoms with Crippen molar-refractivity contribution in [3.05, 3.63) is 57.2 Å². The first-order chi connectivity index (χ1) is 13.1. The number of esters is 1. The Morgan fingerprint density at radius 1 is 1.14 bits per heavy atom. The van der Waals surface area contributed by atoms with Gasteiger partial charge in [-0.05, 0) is 40.2 Å². The van der Waals surface area contributed by atoms with Crippen LogP contribution in [0.4, 0.5) is 4.39 Å². The highest BCUT2D eigenvalue weighted by atomic mass is 32.1. The van der Waals surface area contributed by atoms with Crippen LogP contribution in [-0.2, 0) is 14.0 Å². The van der Waals surface area contributed by atoms with Crippen LogP contribution in [0.5, 0.6) is 0 Å². The van der Waals surface area contributed by atoms with Crippen molar-refractivity contribution >= 4 is 30.0 Å². The molecule has 0 aliphatic carbocycles. The fraction of sp³-hybridized carbons (Fsp3) is 0.400. The number of aryl methyl sites for hydroxylation is 1. The number of rotatable bonds is 4. The Bertz CT molecular complexity index is 908. The lowest BCUT2D eigenvalue weighted by molar-refractivity contribution is 0.00578. The van der Waals surface area contributed by atoms with E-state index >= 15 is 4.39 Å². The minimum Gasteiger partial charge on any atom is -0.464 e. The number of aromatic nitrogens is 1. The number of halogens is 1. The largest absolute Gasteiger partial charge is 0.525 e. The van der Waals surface area contributed by atoms with Crippen molar-refractivity contribution in [2.24, 2.45) is 0 Å². The number of carbonyl (C=O) groups excluding carboxylic acids is 1. The first-order valence-corrected chi connectivity index (χ1v) is 9.76. The van der Waals surface area contributed by atoms with Crippen molar-refractivity contribution in [2.45, 2.75) is 45.8 Å². The van der Waals surface area contributed by atoms with Crippen molar-refractivity contribution in [1.29, 1.82) is 0 Å². The summed E-state index contributed by atoms with van der Waals surface area (Å²) in [6.07, 6.45) is 0. The van der Waals surface area contributed by atoms with E-state index < -0.39 is 30.0 Å². The number of nitrogens with zero attached hydrogens (tertiary/aromatic N) is 1. The van der Waals surface area contributed by atoms with E-state index in [4.69, 9.17) is 14.0 Å². The molecular weight excluding hydrogens is 380 g/mol. The van der Waals surface area contributed by atoms with Crippen LogP contribution >= 0.6 is 11.3 Å². The predicted octanol–water partition coefficient (Wildman–Crippen LogP) is 4.60. The highest BCUT2D eigenvalue weighted by Crippen LogP contribution is 2.42. The Morgan fingerprint density at radius 2 is 1.71 bits per heavy atom. The third kappa shape index (κ3) is 3.64. The molecule has 2 aromatic rings. The van der Waals surface area contributed by atoms with E-state index in [0.717, 1.165) is 0 Å². The van der Waals surface area contributed by atoms with Gasteiger partial charge < -0.3 is 14.0 Å². The van der Waals surface area contributed by atoms with Gasteiger partial charge in [-0.15, -0.1) is 11.3 Å². The molecule has 0 N–H and O–H groups in total. The van der Waals surface area contributed by atoms with Gasteiger partial charge in [-0.3, -0.25) is 0 Å². The molecule has 1 aromatic carbocycles. The van der Waals surface area contributed by atoms with Crippen molar-refractivity contribution in [3.8, 4) is 0 Å². The maximum Gasteiger partial charge on any atom is 0.525 e. The van der Waals surface area contributed by atoms with Gasteiger partial charge in [0.1, 0.15) is 5.73 Å². The van der Waals surface area contributed by atoms with Crippen LogP contribution < -0.4 is 0 Å². The van der Waals surface area contributed by atoms with Gasteiger partial charge in [-0.25, -0.2) is 14.2 Å². The number of hydrogen-bond acceptors (Lipinski definition) is 6.